The van der Waals surface area contributed by atoms with Crippen LogP contribution in [0.5, 0.6) is 5.75 Å². The lowest BCUT2D eigenvalue weighted by molar-refractivity contribution is 0.415. The first-order chi connectivity index (χ1) is 11.7. The number of nitrogens with zero attached hydrogens (tertiary/aromatic N) is 3. The fourth-order valence-electron chi connectivity index (χ4n) is 2.91. The zero-order valence-corrected chi connectivity index (χ0v) is 14.7. The lowest BCUT2D eigenvalue weighted by atomic mass is 10.2. The maximum atomic E-state index is 5.92. The number of hydrogen-bond acceptors (Lipinski definition) is 5. The van der Waals surface area contributed by atoms with Crippen LogP contribution in [-0.4, -0.2) is 29.1 Å². The summed E-state index contributed by atoms with van der Waals surface area (Å²) in [5, 5.41) is 2.03. The Morgan fingerprint density at radius 2 is 1.76 bits per heavy atom. The van der Waals surface area contributed by atoms with E-state index in [1.165, 1.54) is 0 Å². The van der Waals surface area contributed by atoms with E-state index in [9.17, 15) is 0 Å². The molecule has 0 unspecified atom stereocenters. The second-order valence-corrected chi connectivity index (χ2v) is 5.56. The highest BCUT2D eigenvalue weighted by molar-refractivity contribution is 6.12. The van der Waals surface area contributed by atoms with Gasteiger partial charge in [-0.15, -0.1) is 12.4 Å². The molecule has 2 heterocycles. The number of methoxy groups -OCH3 is 1. The molecule has 0 atom stereocenters. The molecule has 4 aromatic rings. The number of ether oxygens (including phenoxy) is 1. The normalized spacial score (nSPS) is 10.6. The van der Waals surface area contributed by atoms with Crippen molar-refractivity contribution in [3.63, 3.8) is 0 Å². The third kappa shape index (κ3) is 2.81. The van der Waals surface area contributed by atoms with Crippen LogP contribution in [0.2, 0.25) is 0 Å². The molecular formula is C18H18ClN5O. The van der Waals surface area contributed by atoms with Crippen molar-refractivity contribution in [3.8, 4) is 5.75 Å². The molecule has 0 aliphatic heterocycles. The Morgan fingerprint density at radius 1 is 1.04 bits per heavy atom. The van der Waals surface area contributed by atoms with Crippen molar-refractivity contribution < 1.29 is 4.74 Å². The lowest BCUT2D eigenvalue weighted by Crippen LogP contribution is -2.13. The van der Waals surface area contributed by atoms with Gasteiger partial charge >= 0.3 is 0 Å². The summed E-state index contributed by atoms with van der Waals surface area (Å²) >= 11 is 0. The van der Waals surface area contributed by atoms with Gasteiger partial charge in [0.1, 0.15) is 17.2 Å². The predicted molar refractivity (Wildman–Crippen MR) is 104 cm³/mol. The molecule has 128 valence electrons. The van der Waals surface area contributed by atoms with Crippen molar-refractivity contribution in [2.45, 2.75) is 0 Å². The van der Waals surface area contributed by atoms with Crippen molar-refractivity contribution in [2.75, 3.05) is 24.8 Å². The molecule has 6 nitrogen and oxygen atoms in total. The number of fused-ring (bicyclic) bond motifs is 3. The van der Waals surface area contributed by atoms with Crippen LogP contribution in [0, 0.1) is 0 Å². The Bertz CT molecular complexity index is 1030. The highest BCUT2D eigenvalue weighted by atomic mass is 35.5. The van der Waals surface area contributed by atoms with Crippen molar-refractivity contribution >= 4 is 51.8 Å². The minimum atomic E-state index is 0. The van der Waals surface area contributed by atoms with E-state index in [2.05, 4.69) is 21.0 Å². The zero-order valence-electron chi connectivity index (χ0n) is 13.9. The number of nitrogens with two attached hydrogens (primary N) is 1. The van der Waals surface area contributed by atoms with Gasteiger partial charge in [-0.1, -0.05) is 18.2 Å². The number of aromatic nitrogens is 3. The highest BCUT2D eigenvalue weighted by Crippen LogP contribution is 2.34. The van der Waals surface area contributed by atoms with Gasteiger partial charge in [-0.05, 0) is 30.3 Å². The van der Waals surface area contributed by atoms with E-state index in [-0.39, 0.29) is 18.4 Å². The largest absolute Gasteiger partial charge is 0.497 e. The van der Waals surface area contributed by atoms with E-state index in [0.717, 1.165) is 39.2 Å². The Labute approximate surface area is 151 Å². The molecule has 2 aromatic carbocycles. The van der Waals surface area contributed by atoms with Crippen molar-refractivity contribution in [1.29, 1.82) is 0 Å². The molecule has 25 heavy (non-hydrogen) atoms. The smallest absolute Gasteiger partial charge is 0.224 e. The Balaban J connectivity index is 0.00000182. The maximum Gasteiger partial charge on any atom is 0.224 e. The second-order valence-electron chi connectivity index (χ2n) is 5.56. The van der Waals surface area contributed by atoms with Crippen LogP contribution in [0.3, 0.4) is 0 Å². The first kappa shape index (κ1) is 16.9. The number of nitrogen functional groups attached to an aromatic ring is 1. The number of rotatable bonds is 3. The Morgan fingerprint density at radius 3 is 2.48 bits per heavy atom. The number of nitrogens with one attached hydrogen (secondary N) is 1. The number of para-hydroxylation sites is 1. The number of anilines is 3. The van der Waals surface area contributed by atoms with E-state index in [0.29, 0.717) is 0 Å². The van der Waals surface area contributed by atoms with E-state index in [4.69, 9.17) is 10.5 Å². The van der Waals surface area contributed by atoms with E-state index in [1.54, 1.807) is 7.11 Å². The minimum absolute atomic E-state index is 0. The van der Waals surface area contributed by atoms with Gasteiger partial charge in [0.2, 0.25) is 5.95 Å². The molecular weight excluding hydrogens is 338 g/mol. The molecule has 0 amide bonds. The summed E-state index contributed by atoms with van der Waals surface area (Å²) in [6, 6.07) is 15.9. The zero-order chi connectivity index (χ0) is 16.7. The van der Waals surface area contributed by atoms with Gasteiger partial charge in [0.15, 0.2) is 0 Å². The fraction of sp³-hybridized carbons (Fsp3) is 0.111. The van der Waals surface area contributed by atoms with Crippen molar-refractivity contribution in [1.82, 2.24) is 15.0 Å². The second kappa shape index (κ2) is 6.49. The average Bonchev–Trinajstić information content (AvgIpc) is 2.98. The SMILES string of the molecule is COc1ccc(N(C)c2nc(N)nc3[nH]c4ccccc4c23)cc1.Cl. The van der Waals surface area contributed by atoms with Gasteiger partial charge in [0.05, 0.1) is 12.5 Å². The molecule has 0 aliphatic rings. The van der Waals surface area contributed by atoms with Gasteiger partial charge in [-0.25, -0.2) is 0 Å². The molecule has 4 rings (SSSR count). The van der Waals surface area contributed by atoms with Gasteiger partial charge in [0.25, 0.3) is 0 Å². The molecule has 0 radical (unpaired) electrons. The molecule has 7 heteroatoms. The molecule has 3 N–H and O–H groups in total. The summed E-state index contributed by atoms with van der Waals surface area (Å²) in [5.74, 6) is 1.82. The molecule has 0 bridgehead atoms. The van der Waals surface area contributed by atoms with Gasteiger partial charge < -0.3 is 20.4 Å². The van der Waals surface area contributed by atoms with E-state index in [1.807, 2.05) is 54.4 Å². The van der Waals surface area contributed by atoms with Crippen molar-refractivity contribution in [3.05, 3.63) is 48.5 Å². The predicted octanol–water partition coefficient (Wildman–Crippen LogP) is 3.89. The summed E-state index contributed by atoms with van der Waals surface area (Å²) in [6.07, 6.45) is 0. The summed E-state index contributed by atoms with van der Waals surface area (Å²) < 4.78 is 5.22. The molecule has 0 saturated carbocycles. The van der Waals surface area contributed by atoms with Crippen LogP contribution in [0.4, 0.5) is 17.5 Å². The van der Waals surface area contributed by atoms with Crippen LogP contribution >= 0.6 is 12.4 Å². The number of benzene rings is 2. The first-order valence-electron chi connectivity index (χ1n) is 7.59. The molecule has 0 fully saturated rings. The third-order valence-electron chi connectivity index (χ3n) is 4.13. The first-order valence-corrected chi connectivity index (χ1v) is 7.59. The Kier molecular flexibility index (Phi) is 4.37. The fourth-order valence-corrected chi connectivity index (χ4v) is 2.91. The summed E-state index contributed by atoms with van der Waals surface area (Å²) in [5.41, 5.74) is 8.65. The minimum Gasteiger partial charge on any atom is -0.497 e. The van der Waals surface area contributed by atoms with Gasteiger partial charge in [-0.3, -0.25) is 0 Å². The number of H-pyrrole nitrogens is 1. The summed E-state index contributed by atoms with van der Waals surface area (Å²) in [4.78, 5) is 14.1. The number of halogens is 1. The van der Waals surface area contributed by atoms with Crippen LogP contribution in [-0.2, 0) is 0 Å². The Hall–Kier alpha value is -2.99. The van der Waals surface area contributed by atoms with Crippen LogP contribution in [0.15, 0.2) is 48.5 Å². The molecule has 0 spiro atoms. The molecule has 2 aromatic heterocycles. The van der Waals surface area contributed by atoms with E-state index >= 15 is 0 Å². The molecule has 0 saturated heterocycles. The van der Waals surface area contributed by atoms with Gasteiger partial charge in [0, 0.05) is 23.6 Å². The van der Waals surface area contributed by atoms with Crippen LogP contribution in [0.25, 0.3) is 21.9 Å². The average molecular weight is 356 g/mol. The van der Waals surface area contributed by atoms with E-state index < -0.39 is 0 Å². The quantitative estimate of drug-likeness (QED) is 0.582. The molecule has 0 aliphatic carbocycles. The number of aromatic amines is 1. The third-order valence-corrected chi connectivity index (χ3v) is 4.13. The summed E-state index contributed by atoms with van der Waals surface area (Å²) in [7, 11) is 3.62. The van der Waals surface area contributed by atoms with Crippen LogP contribution in [0.1, 0.15) is 0 Å². The van der Waals surface area contributed by atoms with Crippen LogP contribution < -0.4 is 15.4 Å². The standard InChI is InChI=1S/C18H17N5O.ClH/c1-23(11-7-9-12(24-2)10-8-11)17-15-13-5-3-4-6-14(13)20-16(15)21-18(19)22-17;/h3-10H,1-2H3,(H3,19,20,21,22);1H. The van der Waals surface area contributed by atoms with Gasteiger partial charge in [-0.2, -0.15) is 9.97 Å². The monoisotopic (exact) mass is 355 g/mol. The summed E-state index contributed by atoms with van der Waals surface area (Å²) in [6.45, 7) is 0. The topological polar surface area (TPSA) is 80.1 Å². The highest BCUT2D eigenvalue weighted by Gasteiger charge is 2.16. The maximum absolute atomic E-state index is 5.92. The van der Waals surface area contributed by atoms with Crippen molar-refractivity contribution in [2.24, 2.45) is 0 Å². The lowest BCUT2D eigenvalue weighted by Gasteiger charge is -2.19. The number of hydrogen-bond donors (Lipinski definition) is 2.